The van der Waals surface area contributed by atoms with Crippen molar-refractivity contribution in [1.29, 1.82) is 0 Å². The SMILES string of the molecule is Nc1ccnc2c1c(Br)cn2C1CC(Oc2ccc(F)c3c2CNCC3)C(CO)C1O. The Kier molecular flexibility index (Phi) is 5.37. The Morgan fingerprint density at radius 2 is 2.16 bits per heavy atom. The van der Waals surface area contributed by atoms with Gasteiger partial charge >= 0.3 is 0 Å². The quantitative estimate of drug-likeness (QED) is 0.447. The summed E-state index contributed by atoms with van der Waals surface area (Å²) in [5.74, 6) is -0.112. The number of aliphatic hydroxyl groups is 2. The number of halogens is 2. The van der Waals surface area contributed by atoms with Gasteiger partial charge < -0.3 is 30.6 Å². The molecule has 9 heteroatoms. The van der Waals surface area contributed by atoms with E-state index in [9.17, 15) is 14.6 Å². The Morgan fingerprint density at radius 3 is 2.97 bits per heavy atom. The van der Waals surface area contributed by atoms with E-state index < -0.39 is 18.1 Å². The molecule has 1 aliphatic carbocycles. The first-order chi connectivity index (χ1) is 15.0. The predicted octanol–water partition coefficient (Wildman–Crippen LogP) is 2.53. The van der Waals surface area contributed by atoms with Crippen LogP contribution in [-0.4, -0.2) is 45.1 Å². The lowest BCUT2D eigenvalue weighted by molar-refractivity contribution is 0.0294. The number of anilines is 1. The highest BCUT2D eigenvalue weighted by atomic mass is 79.9. The molecule has 31 heavy (non-hydrogen) atoms. The molecule has 2 aliphatic rings. The number of hydrogen-bond donors (Lipinski definition) is 4. The highest BCUT2D eigenvalue weighted by Crippen LogP contribution is 2.42. The van der Waals surface area contributed by atoms with Crippen molar-refractivity contribution in [2.24, 2.45) is 5.92 Å². The summed E-state index contributed by atoms with van der Waals surface area (Å²) in [5.41, 5.74) is 8.86. The summed E-state index contributed by atoms with van der Waals surface area (Å²) in [5, 5.41) is 25.1. The van der Waals surface area contributed by atoms with Crippen LogP contribution in [0.3, 0.4) is 0 Å². The van der Waals surface area contributed by atoms with Gasteiger partial charge in [-0.1, -0.05) is 0 Å². The van der Waals surface area contributed by atoms with Crippen molar-refractivity contribution in [2.75, 3.05) is 18.9 Å². The number of aromatic nitrogens is 2. The molecule has 5 N–H and O–H groups in total. The Morgan fingerprint density at radius 1 is 1.32 bits per heavy atom. The van der Waals surface area contributed by atoms with E-state index in [0.717, 1.165) is 22.0 Å². The van der Waals surface area contributed by atoms with Gasteiger partial charge in [0, 0.05) is 47.0 Å². The van der Waals surface area contributed by atoms with Crippen molar-refractivity contribution in [1.82, 2.24) is 14.9 Å². The number of hydrogen-bond acceptors (Lipinski definition) is 6. The standard InChI is InChI=1S/C22H24BrFN4O3/c23-14-9-28(22-20(14)16(25)4-6-27-22)17-7-19(13(10-29)21(17)30)31-18-2-1-15(24)11-3-5-26-8-12(11)18/h1-2,4,6,9,13,17,19,21,26,29-30H,3,5,7-8,10H2,(H2,25,27). The van der Waals surface area contributed by atoms with Crippen molar-refractivity contribution >= 4 is 32.7 Å². The van der Waals surface area contributed by atoms with Crippen molar-refractivity contribution in [3.8, 4) is 5.75 Å². The molecular formula is C22H24BrFN4O3. The van der Waals surface area contributed by atoms with Crippen molar-refractivity contribution in [2.45, 2.75) is 37.6 Å². The second kappa shape index (κ2) is 8.05. The molecule has 2 aromatic heterocycles. The number of ether oxygens (including phenoxy) is 1. The average molecular weight is 491 g/mol. The smallest absolute Gasteiger partial charge is 0.143 e. The summed E-state index contributed by atoms with van der Waals surface area (Å²) in [4.78, 5) is 4.46. The molecule has 0 radical (unpaired) electrons. The minimum Gasteiger partial charge on any atom is -0.490 e. The molecule has 0 spiro atoms. The molecule has 4 unspecified atom stereocenters. The lowest BCUT2D eigenvalue weighted by Crippen LogP contribution is -2.32. The average Bonchev–Trinajstić information content (AvgIpc) is 3.27. The van der Waals surface area contributed by atoms with Crippen LogP contribution < -0.4 is 15.8 Å². The Labute approximate surface area is 187 Å². The number of aliphatic hydroxyl groups excluding tert-OH is 2. The van der Waals surface area contributed by atoms with E-state index in [4.69, 9.17) is 10.5 Å². The van der Waals surface area contributed by atoms with E-state index in [2.05, 4.69) is 26.2 Å². The Bertz CT molecular complexity index is 1140. The number of rotatable bonds is 4. The second-order valence-electron chi connectivity index (χ2n) is 8.21. The van der Waals surface area contributed by atoms with Crippen LogP contribution in [0.4, 0.5) is 10.1 Å². The van der Waals surface area contributed by atoms with Crippen LogP contribution in [0.5, 0.6) is 5.75 Å². The fraction of sp³-hybridized carbons (Fsp3) is 0.409. The van der Waals surface area contributed by atoms with Gasteiger partial charge in [-0.05, 0) is 52.7 Å². The number of benzene rings is 1. The highest BCUT2D eigenvalue weighted by molar-refractivity contribution is 9.10. The summed E-state index contributed by atoms with van der Waals surface area (Å²) in [6, 6.07) is 4.45. The molecule has 5 rings (SSSR count). The van der Waals surface area contributed by atoms with Crippen LogP contribution in [0.25, 0.3) is 11.0 Å². The highest BCUT2D eigenvalue weighted by Gasteiger charge is 2.45. The fourth-order valence-corrected chi connectivity index (χ4v) is 5.54. The van der Waals surface area contributed by atoms with Gasteiger partial charge in [0.2, 0.25) is 0 Å². The number of fused-ring (bicyclic) bond motifs is 2. The van der Waals surface area contributed by atoms with E-state index >= 15 is 0 Å². The molecule has 0 amide bonds. The normalized spacial score (nSPS) is 25.7. The maximum Gasteiger partial charge on any atom is 0.143 e. The van der Waals surface area contributed by atoms with Crippen LogP contribution in [0, 0.1) is 11.7 Å². The zero-order valence-corrected chi connectivity index (χ0v) is 18.3. The largest absolute Gasteiger partial charge is 0.490 e. The van der Waals surface area contributed by atoms with Gasteiger partial charge in [-0.3, -0.25) is 0 Å². The van der Waals surface area contributed by atoms with Crippen LogP contribution >= 0.6 is 15.9 Å². The summed E-state index contributed by atoms with van der Waals surface area (Å²) >= 11 is 3.54. The molecule has 164 valence electrons. The van der Waals surface area contributed by atoms with E-state index in [1.54, 1.807) is 18.3 Å². The van der Waals surface area contributed by atoms with Crippen molar-refractivity contribution in [3.05, 3.63) is 52.0 Å². The lowest BCUT2D eigenvalue weighted by Gasteiger charge is -2.25. The Hall–Kier alpha value is -2.20. The topological polar surface area (TPSA) is 106 Å². The van der Waals surface area contributed by atoms with Gasteiger partial charge in [0.1, 0.15) is 23.3 Å². The maximum absolute atomic E-state index is 14.2. The van der Waals surface area contributed by atoms with E-state index in [0.29, 0.717) is 42.0 Å². The third-order valence-corrected chi connectivity index (χ3v) is 7.12. The number of nitrogen functional groups attached to an aromatic ring is 1. The monoisotopic (exact) mass is 490 g/mol. The molecule has 0 saturated heterocycles. The summed E-state index contributed by atoms with van der Waals surface area (Å²) in [6.07, 6.45) is 3.31. The van der Waals surface area contributed by atoms with Crippen LogP contribution in [0.15, 0.2) is 35.1 Å². The first-order valence-corrected chi connectivity index (χ1v) is 11.2. The molecule has 3 aromatic rings. The first-order valence-electron chi connectivity index (χ1n) is 10.4. The molecule has 0 bridgehead atoms. The van der Waals surface area contributed by atoms with E-state index in [1.807, 2.05) is 10.8 Å². The molecule has 1 aliphatic heterocycles. The zero-order chi connectivity index (χ0) is 21.7. The minimum absolute atomic E-state index is 0.222. The third-order valence-electron chi connectivity index (χ3n) is 6.51. The van der Waals surface area contributed by atoms with Gasteiger partial charge in [0.25, 0.3) is 0 Å². The molecule has 3 heterocycles. The minimum atomic E-state index is -0.838. The van der Waals surface area contributed by atoms with Gasteiger partial charge in [0.15, 0.2) is 0 Å². The van der Waals surface area contributed by atoms with Gasteiger partial charge in [-0.15, -0.1) is 0 Å². The van der Waals surface area contributed by atoms with Crippen LogP contribution in [0.1, 0.15) is 23.6 Å². The fourth-order valence-electron chi connectivity index (χ4n) is 4.91. The van der Waals surface area contributed by atoms with Crippen molar-refractivity contribution < 1.29 is 19.3 Å². The number of nitrogens with one attached hydrogen (secondary N) is 1. The van der Waals surface area contributed by atoms with Gasteiger partial charge in [0.05, 0.1) is 24.1 Å². The summed E-state index contributed by atoms with van der Waals surface area (Å²) in [7, 11) is 0. The number of nitrogens with zero attached hydrogens (tertiary/aromatic N) is 2. The number of pyridine rings is 1. The second-order valence-corrected chi connectivity index (χ2v) is 9.06. The lowest BCUT2D eigenvalue weighted by atomic mass is 9.99. The third kappa shape index (κ3) is 3.40. The van der Waals surface area contributed by atoms with E-state index in [1.165, 1.54) is 6.07 Å². The maximum atomic E-state index is 14.2. The van der Waals surface area contributed by atoms with Crippen LogP contribution in [-0.2, 0) is 13.0 Å². The van der Waals surface area contributed by atoms with Crippen LogP contribution in [0.2, 0.25) is 0 Å². The molecule has 1 aromatic carbocycles. The Balaban J connectivity index is 1.48. The number of nitrogens with two attached hydrogens (primary N) is 1. The zero-order valence-electron chi connectivity index (χ0n) is 16.8. The van der Waals surface area contributed by atoms with Gasteiger partial charge in [-0.2, -0.15) is 0 Å². The molecule has 4 atom stereocenters. The molecule has 1 saturated carbocycles. The predicted molar refractivity (Wildman–Crippen MR) is 118 cm³/mol. The summed E-state index contributed by atoms with van der Waals surface area (Å²) in [6.45, 7) is 1.03. The molecule has 7 nitrogen and oxygen atoms in total. The molecular weight excluding hydrogens is 467 g/mol. The molecule has 1 fully saturated rings. The van der Waals surface area contributed by atoms with Crippen molar-refractivity contribution in [3.63, 3.8) is 0 Å². The summed E-state index contributed by atoms with van der Waals surface area (Å²) < 4.78 is 23.2. The first kappa shape index (κ1) is 20.7. The van der Waals surface area contributed by atoms with E-state index in [-0.39, 0.29) is 18.5 Å². The van der Waals surface area contributed by atoms with Gasteiger partial charge in [-0.25, -0.2) is 9.37 Å².